The monoisotopic (exact) mass is 411 g/mol. The number of hydrogen-bond donors (Lipinski definition) is 0. The van der Waals surface area contributed by atoms with Crippen molar-refractivity contribution < 1.29 is 23.5 Å². The number of amides is 2. The molecule has 1 fully saturated rings. The maximum atomic E-state index is 13.0. The molecule has 0 atom stereocenters. The van der Waals surface area contributed by atoms with Gasteiger partial charge in [0.15, 0.2) is 11.5 Å². The van der Waals surface area contributed by atoms with Gasteiger partial charge in [-0.05, 0) is 60.2 Å². The Morgan fingerprint density at radius 1 is 1.14 bits per heavy atom. The summed E-state index contributed by atoms with van der Waals surface area (Å²) in [6.07, 6.45) is 6.82. The second kappa shape index (κ2) is 9.30. The van der Waals surface area contributed by atoms with Gasteiger partial charge in [-0.15, -0.1) is 6.42 Å². The molecule has 0 aliphatic carbocycles. The van der Waals surface area contributed by atoms with Gasteiger partial charge in [-0.2, -0.15) is 0 Å². The molecule has 0 bridgehead atoms. The van der Waals surface area contributed by atoms with Crippen LogP contribution in [-0.4, -0.2) is 29.2 Å². The van der Waals surface area contributed by atoms with E-state index in [0.29, 0.717) is 28.6 Å². The maximum Gasteiger partial charge on any atom is 0.294 e. The molecule has 1 aliphatic heterocycles. The smallest absolute Gasteiger partial charge is 0.294 e. The minimum Gasteiger partial charge on any atom is -0.490 e. The Balaban J connectivity index is 1.79. The van der Waals surface area contributed by atoms with Crippen molar-refractivity contribution in [1.82, 2.24) is 4.90 Å². The summed E-state index contributed by atoms with van der Waals surface area (Å²) in [5.41, 5.74) is 1.51. The van der Waals surface area contributed by atoms with Crippen LogP contribution in [0.25, 0.3) is 6.08 Å². The van der Waals surface area contributed by atoms with E-state index in [9.17, 15) is 14.0 Å². The summed E-state index contributed by atoms with van der Waals surface area (Å²) in [6, 6.07) is 11.3. The Morgan fingerprint density at radius 2 is 1.90 bits per heavy atom. The normalized spacial score (nSPS) is 14.9. The van der Waals surface area contributed by atoms with Gasteiger partial charge in [0, 0.05) is 0 Å². The predicted octanol–water partition coefficient (Wildman–Crippen LogP) is 4.47. The molecule has 1 saturated heterocycles. The molecule has 0 saturated carbocycles. The number of rotatable bonds is 7. The number of benzene rings is 2. The van der Waals surface area contributed by atoms with Crippen molar-refractivity contribution in [2.45, 2.75) is 13.5 Å². The van der Waals surface area contributed by atoms with Gasteiger partial charge in [-0.1, -0.05) is 24.1 Å². The lowest BCUT2D eigenvalue weighted by molar-refractivity contribution is -0.122. The lowest BCUT2D eigenvalue weighted by atomic mass is 10.1. The molecule has 148 valence electrons. The molecule has 5 nitrogen and oxygen atoms in total. The molecule has 0 N–H and O–H groups in total. The van der Waals surface area contributed by atoms with Crippen LogP contribution >= 0.6 is 11.8 Å². The van der Waals surface area contributed by atoms with Gasteiger partial charge >= 0.3 is 0 Å². The van der Waals surface area contributed by atoms with Crippen molar-refractivity contribution in [3.63, 3.8) is 0 Å². The van der Waals surface area contributed by atoms with Crippen molar-refractivity contribution in [1.29, 1.82) is 0 Å². The van der Waals surface area contributed by atoms with Gasteiger partial charge in [0.25, 0.3) is 11.1 Å². The Bertz CT molecular complexity index is 995. The Kier molecular flexibility index (Phi) is 6.57. The lowest BCUT2D eigenvalue weighted by Gasteiger charge is -2.13. The second-order valence-electron chi connectivity index (χ2n) is 6.03. The molecular weight excluding hydrogens is 393 g/mol. The fourth-order valence-electron chi connectivity index (χ4n) is 2.62. The molecule has 1 aliphatic rings. The minimum atomic E-state index is -0.410. The largest absolute Gasteiger partial charge is 0.490 e. The summed E-state index contributed by atoms with van der Waals surface area (Å²) in [5, 5.41) is -0.386. The van der Waals surface area contributed by atoms with E-state index in [0.717, 1.165) is 22.2 Å². The highest BCUT2D eigenvalue weighted by atomic mass is 32.2. The molecule has 0 aromatic heterocycles. The van der Waals surface area contributed by atoms with Crippen LogP contribution in [0.15, 0.2) is 47.4 Å². The standard InChI is InChI=1S/C22H18FNO4S/c1-3-11-24-21(25)20(29-22(24)26)13-16-7-10-18(19(12-16)27-4-2)28-14-15-5-8-17(23)9-6-15/h1,5-10,12-13H,4,11,14H2,2H3/b20-13+. The maximum absolute atomic E-state index is 13.0. The van der Waals surface area contributed by atoms with Gasteiger partial charge < -0.3 is 9.47 Å². The van der Waals surface area contributed by atoms with Crippen molar-refractivity contribution >= 4 is 29.0 Å². The summed E-state index contributed by atoms with van der Waals surface area (Å²) in [5.74, 6) is 2.62. The quantitative estimate of drug-likeness (QED) is 0.497. The summed E-state index contributed by atoms with van der Waals surface area (Å²) >= 11 is 0.849. The van der Waals surface area contributed by atoms with Gasteiger partial charge in [0.1, 0.15) is 12.4 Å². The number of ether oxygens (including phenoxy) is 2. The first-order chi connectivity index (χ1) is 14.0. The first-order valence-electron chi connectivity index (χ1n) is 8.84. The number of terminal acetylenes is 1. The Labute approximate surface area is 172 Å². The first kappa shape index (κ1) is 20.5. The molecule has 0 unspecified atom stereocenters. The number of carbonyl (C=O) groups is 2. The zero-order valence-corrected chi connectivity index (χ0v) is 16.5. The van der Waals surface area contributed by atoms with Gasteiger partial charge in [-0.25, -0.2) is 4.39 Å². The Morgan fingerprint density at radius 3 is 2.59 bits per heavy atom. The third-order valence-electron chi connectivity index (χ3n) is 4.00. The summed E-state index contributed by atoms with van der Waals surface area (Å²) in [6.45, 7) is 2.48. The molecule has 2 aromatic carbocycles. The second-order valence-corrected chi connectivity index (χ2v) is 7.02. The van der Waals surface area contributed by atoms with Crippen molar-refractivity contribution in [3.8, 4) is 23.8 Å². The summed E-state index contributed by atoms with van der Waals surface area (Å²) in [4.78, 5) is 25.5. The van der Waals surface area contributed by atoms with E-state index in [1.807, 2.05) is 6.92 Å². The fraction of sp³-hybridized carbons (Fsp3) is 0.182. The molecule has 0 radical (unpaired) electrons. The lowest BCUT2D eigenvalue weighted by Crippen LogP contribution is -2.28. The van der Waals surface area contributed by atoms with E-state index in [1.165, 1.54) is 12.1 Å². The van der Waals surface area contributed by atoms with Gasteiger partial charge in [0.05, 0.1) is 18.1 Å². The zero-order chi connectivity index (χ0) is 20.8. The van der Waals surface area contributed by atoms with Crippen LogP contribution in [0.2, 0.25) is 0 Å². The number of thioether (sulfide) groups is 1. The molecule has 1 heterocycles. The molecule has 29 heavy (non-hydrogen) atoms. The third kappa shape index (κ3) is 4.98. The molecule has 2 aromatic rings. The van der Waals surface area contributed by atoms with Crippen molar-refractivity contribution in [2.24, 2.45) is 0 Å². The highest BCUT2D eigenvalue weighted by Gasteiger charge is 2.34. The van der Waals surface area contributed by atoms with Crippen LogP contribution < -0.4 is 9.47 Å². The highest BCUT2D eigenvalue weighted by molar-refractivity contribution is 8.18. The van der Waals surface area contributed by atoms with Crippen LogP contribution in [0, 0.1) is 18.2 Å². The topological polar surface area (TPSA) is 55.8 Å². The average Bonchev–Trinajstić information content (AvgIpc) is 2.97. The average molecular weight is 411 g/mol. The van der Waals surface area contributed by atoms with Crippen molar-refractivity contribution in [2.75, 3.05) is 13.2 Å². The van der Waals surface area contributed by atoms with E-state index >= 15 is 0 Å². The van der Waals surface area contributed by atoms with Crippen LogP contribution in [0.3, 0.4) is 0 Å². The highest BCUT2D eigenvalue weighted by Crippen LogP contribution is 2.34. The molecule has 3 rings (SSSR count). The van der Waals surface area contributed by atoms with E-state index < -0.39 is 5.91 Å². The molecular formula is C22H18FNO4S. The van der Waals surface area contributed by atoms with E-state index in [1.54, 1.807) is 36.4 Å². The SMILES string of the molecule is C#CCN1C(=O)S/C(=C/c2ccc(OCc3ccc(F)cc3)c(OCC)c2)C1=O. The number of nitrogens with zero attached hydrogens (tertiary/aromatic N) is 1. The number of carbonyl (C=O) groups excluding carboxylic acids is 2. The number of hydrogen-bond acceptors (Lipinski definition) is 5. The van der Waals surface area contributed by atoms with Crippen LogP contribution in [0.5, 0.6) is 11.5 Å². The van der Waals surface area contributed by atoms with Crippen LogP contribution in [0.1, 0.15) is 18.1 Å². The van der Waals surface area contributed by atoms with Crippen molar-refractivity contribution in [3.05, 3.63) is 64.3 Å². The fourth-order valence-corrected chi connectivity index (χ4v) is 3.46. The summed E-state index contributed by atoms with van der Waals surface area (Å²) < 4.78 is 24.5. The van der Waals surface area contributed by atoms with Gasteiger partial charge in [-0.3, -0.25) is 14.5 Å². The first-order valence-corrected chi connectivity index (χ1v) is 9.66. The van der Waals surface area contributed by atoms with E-state index in [2.05, 4.69) is 5.92 Å². The van der Waals surface area contributed by atoms with Gasteiger partial charge in [0.2, 0.25) is 0 Å². The van der Waals surface area contributed by atoms with E-state index in [-0.39, 0.29) is 24.2 Å². The summed E-state index contributed by atoms with van der Waals surface area (Å²) in [7, 11) is 0. The molecule has 0 spiro atoms. The molecule has 2 amide bonds. The predicted molar refractivity (Wildman–Crippen MR) is 110 cm³/mol. The third-order valence-corrected chi connectivity index (χ3v) is 4.90. The van der Waals surface area contributed by atoms with Crippen LogP contribution in [-0.2, 0) is 11.4 Å². The number of imide groups is 1. The molecule has 7 heteroatoms. The van der Waals surface area contributed by atoms with E-state index in [4.69, 9.17) is 15.9 Å². The zero-order valence-electron chi connectivity index (χ0n) is 15.7. The minimum absolute atomic E-state index is 0.0532. The Hall–Kier alpha value is -3.24. The number of halogens is 1. The van der Waals surface area contributed by atoms with Crippen LogP contribution in [0.4, 0.5) is 9.18 Å².